The van der Waals surface area contributed by atoms with Crippen molar-refractivity contribution in [2.45, 2.75) is 11.7 Å². The molecule has 0 saturated heterocycles. The molecule has 0 aliphatic rings. The molecule has 2 aromatic rings. The van der Waals surface area contributed by atoms with Crippen molar-refractivity contribution < 1.29 is 17.6 Å². The second-order valence-electron chi connectivity index (χ2n) is 4.12. The van der Waals surface area contributed by atoms with Crippen LogP contribution >= 0.6 is 11.6 Å². The van der Waals surface area contributed by atoms with Gasteiger partial charge < -0.3 is 0 Å². The fraction of sp³-hybridized carbons (Fsp3) is 0.143. The van der Waals surface area contributed by atoms with E-state index in [2.05, 4.69) is 10.2 Å². The second-order valence-corrected chi connectivity index (χ2v) is 4.53. The molecule has 0 radical (unpaired) electrons. The normalized spacial score (nSPS) is 13.6. The van der Waals surface area contributed by atoms with Gasteiger partial charge in [-0.2, -0.15) is 23.4 Å². The summed E-state index contributed by atoms with van der Waals surface area (Å²) in [5.41, 5.74) is -1.48. The van der Waals surface area contributed by atoms with Crippen LogP contribution < -0.4 is 0 Å². The maximum Gasteiger partial charge on any atom is 0.416 e. The molecule has 110 valence electrons. The first-order valence-corrected chi connectivity index (χ1v) is 6.28. The summed E-state index contributed by atoms with van der Waals surface area (Å²) in [6.45, 7) is 0. The summed E-state index contributed by atoms with van der Waals surface area (Å²) in [5, 5.41) is 7.39. The summed E-state index contributed by atoms with van der Waals surface area (Å²) in [6.07, 6.45) is -4.40. The number of hydrogen-bond acceptors (Lipinski definition) is 2. The Hall–Kier alpha value is -1.95. The quantitative estimate of drug-likeness (QED) is 0.293. The Labute approximate surface area is 123 Å². The summed E-state index contributed by atoms with van der Waals surface area (Å²) in [6, 6.07) is 9.91. The van der Waals surface area contributed by atoms with Crippen LogP contribution in [0.25, 0.3) is 0 Å². The highest BCUT2D eigenvalue weighted by Gasteiger charge is 2.29. The average molecular weight is 317 g/mol. The highest BCUT2D eigenvalue weighted by molar-refractivity contribution is 6.20. The van der Waals surface area contributed by atoms with Crippen LogP contribution in [0.5, 0.6) is 0 Å². The fourth-order valence-electron chi connectivity index (χ4n) is 1.56. The highest BCUT2D eigenvalue weighted by atomic mass is 35.5. The first kappa shape index (κ1) is 15.4. The summed E-state index contributed by atoms with van der Waals surface area (Å²) in [5.74, 6) is -0.524. The molecule has 2 rings (SSSR count). The smallest absolute Gasteiger partial charge is 0.207 e. The van der Waals surface area contributed by atoms with Gasteiger partial charge in [0.25, 0.3) is 0 Å². The lowest BCUT2D eigenvalue weighted by atomic mass is 10.2. The molecule has 0 saturated carbocycles. The molecule has 1 unspecified atom stereocenters. The summed E-state index contributed by atoms with van der Waals surface area (Å²) >= 11 is 5.88. The molecule has 0 aromatic heterocycles. The SMILES string of the molecule is Fc1ccccc1C(Cl)N=Nc1ccc(C(F)(F)F)cc1. The Morgan fingerprint density at radius 1 is 0.952 bits per heavy atom. The Kier molecular flexibility index (Phi) is 4.57. The minimum Gasteiger partial charge on any atom is -0.207 e. The molecule has 21 heavy (non-hydrogen) atoms. The van der Waals surface area contributed by atoms with Crippen molar-refractivity contribution in [3.8, 4) is 0 Å². The third kappa shape index (κ3) is 4.01. The van der Waals surface area contributed by atoms with Crippen LogP contribution in [0.1, 0.15) is 16.6 Å². The van der Waals surface area contributed by atoms with Gasteiger partial charge >= 0.3 is 6.18 Å². The zero-order valence-corrected chi connectivity index (χ0v) is 11.2. The van der Waals surface area contributed by atoms with E-state index in [0.29, 0.717) is 0 Å². The maximum atomic E-state index is 13.4. The Bertz CT molecular complexity index is 638. The minimum absolute atomic E-state index is 0.148. The number of azo groups is 1. The zero-order chi connectivity index (χ0) is 15.5. The molecule has 1 atom stereocenters. The topological polar surface area (TPSA) is 24.7 Å². The number of halogens is 5. The first-order chi connectivity index (χ1) is 9.88. The van der Waals surface area contributed by atoms with Gasteiger partial charge in [-0.25, -0.2) is 4.39 Å². The lowest BCUT2D eigenvalue weighted by Crippen LogP contribution is -2.03. The maximum absolute atomic E-state index is 13.4. The van der Waals surface area contributed by atoms with Crippen LogP contribution in [0.15, 0.2) is 58.8 Å². The van der Waals surface area contributed by atoms with Gasteiger partial charge in [0.15, 0.2) is 5.50 Å². The average Bonchev–Trinajstić information content (AvgIpc) is 2.45. The molecule has 7 heteroatoms. The van der Waals surface area contributed by atoms with E-state index in [-0.39, 0.29) is 11.3 Å². The lowest BCUT2D eigenvalue weighted by Gasteiger charge is -2.06. The van der Waals surface area contributed by atoms with E-state index in [0.717, 1.165) is 24.3 Å². The zero-order valence-electron chi connectivity index (χ0n) is 10.5. The van der Waals surface area contributed by atoms with Crippen LogP contribution in [-0.2, 0) is 6.18 Å². The van der Waals surface area contributed by atoms with Crippen LogP contribution in [0, 0.1) is 5.82 Å². The lowest BCUT2D eigenvalue weighted by molar-refractivity contribution is -0.137. The van der Waals surface area contributed by atoms with E-state index in [1.807, 2.05) is 0 Å². The molecular weight excluding hydrogens is 308 g/mol. The Morgan fingerprint density at radius 2 is 1.57 bits per heavy atom. The first-order valence-electron chi connectivity index (χ1n) is 5.84. The van der Waals surface area contributed by atoms with Gasteiger partial charge in [0.05, 0.1) is 11.3 Å². The van der Waals surface area contributed by atoms with Gasteiger partial charge in [0.2, 0.25) is 0 Å². The predicted octanol–water partition coefficient (Wildman–Crippen LogP) is 5.87. The number of nitrogens with zero attached hydrogens (tertiary/aromatic N) is 2. The second kappa shape index (κ2) is 6.22. The molecule has 0 aliphatic carbocycles. The van der Waals surface area contributed by atoms with Gasteiger partial charge in [-0.15, -0.1) is 0 Å². The van der Waals surface area contributed by atoms with E-state index >= 15 is 0 Å². The van der Waals surface area contributed by atoms with Crippen molar-refractivity contribution in [1.82, 2.24) is 0 Å². The van der Waals surface area contributed by atoms with E-state index in [9.17, 15) is 17.6 Å². The van der Waals surface area contributed by atoms with Crippen molar-refractivity contribution in [1.29, 1.82) is 0 Å². The molecular formula is C14H9ClF4N2. The van der Waals surface area contributed by atoms with Crippen molar-refractivity contribution in [2.75, 3.05) is 0 Å². The molecule has 0 fully saturated rings. The molecule has 0 heterocycles. The molecule has 0 N–H and O–H groups in total. The van der Waals surface area contributed by atoms with E-state index in [1.165, 1.54) is 18.2 Å². The Balaban J connectivity index is 2.13. The standard InChI is InChI=1S/C14H9ClF4N2/c15-13(11-3-1-2-4-12(11)16)21-20-10-7-5-9(6-8-10)14(17,18)19/h1-8,13H. The van der Waals surface area contributed by atoms with Crippen molar-refractivity contribution >= 4 is 17.3 Å². The molecule has 0 spiro atoms. The van der Waals surface area contributed by atoms with E-state index in [4.69, 9.17) is 11.6 Å². The molecule has 0 aliphatic heterocycles. The van der Waals surface area contributed by atoms with Crippen LogP contribution in [0.4, 0.5) is 23.2 Å². The van der Waals surface area contributed by atoms with Gasteiger partial charge in [0, 0.05) is 5.56 Å². The minimum atomic E-state index is -4.40. The van der Waals surface area contributed by atoms with Crippen molar-refractivity contribution in [2.24, 2.45) is 10.2 Å². The monoisotopic (exact) mass is 316 g/mol. The van der Waals surface area contributed by atoms with Crippen molar-refractivity contribution in [3.05, 3.63) is 65.5 Å². The van der Waals surface area contributed by atoms with Crippen LogP contribution in [0.3, 0.4) is 0 Å². The number of hydrogen-bond donors (Lipinski definition) is 0. The van der Waals surface area contributed by atoms with Crippen molar-refractivity contribution in [3.63, 3.8) is 0 Å². The Morgan fingerprint density at radius 3 is 2.14 bits per heavy atom. The molecule has 2 nitrogen and oxygen atoms in total. The van der Waals surface area contributed by atoms with Gasteiger partial charge in [-0.3, -0.25) is 0 Å². The molecule has 0 bridgehead atoms. The third-order valence-electron chi connectivity index (χ3n) is 2.63. The van der Waals surface area contributed by atoms with Gasteiger partial charge in [0.1, 0.15) is 5.82 Å². The van der Waals surface area contributed by atoms with Crippen LogP contribution in [-0.4, -0.2) is 0 Å². The van der Waals surface area contributed by atoms with Gasteiger partial charge in [-0.1, -0.05) is 29.8 Å². The summed E-state index contributed by atoms with van der Waals surface area (Å²) in [4.78, 5) is 0. The van der Waals surface area contributed by atoms with E-state index in [1.54, 1.807) is 6.07 Å². The van der Waals surface area contributed by atoms with Gasteiger partial charge in [-0.05, 0) is 30.3 Å². The largest absolute Gasteiger partial charge is 0.416 e. The van der Waals surface area contributed by atoms with E-state index < -0.39 is 23.1 Å². The number of rotatable bonds is 3. The summed E-state index contributed by atoms with van der Waals surface area (Å²) in [7, 11) is 0. The van der Waals surface area contributed by atoms with Crippen LogP contribution in [0.2, 0.25) is 0 Å². The third-order valence-corrected chi connectivity index (χ3v) is 2.95. The number of alkyl halides is 4. The fourth-order valence-corrected chi connectivity index (χ4v) is 1.79. The molecule has 2 aromatic carbocycles. The highest BCUT2D eigenvalue weighted by Crippen LogP contribution is 2.31. The number of benzene rings is 2. The summed E-state index contributed by atoms with van der Waals surface area (Å²) < 4.78 is 50.6. The molecule has 0 amide bonds. The predicted molar refractivity (Wildman–Crippen MR) is 71.0 cm³/mol.